The molecule has 2 rings (SSSR count). The van der Waals surface area contributed by atoms with Gasteiger partial charge >= 0.3 is 0 Å². The largest absolute Gasteiger partial charge is 0.496 e. The van der Waals surface area contributed by atoms with Crippen LogP contribution in [0, 0.1) is 6.92 Å². The summed E-state index contributed by atoms with van der Waals surface area (Å²) in [5, 5.41) is 2.70. The van der Waals surface area contributed by atoms with E-state index in [1.165, 1.54) is 7.11 Å². The number of rotatable bonds is 3. The van der Waals surface area contributed by atoms with E-state index >= 15 is 0 Å². The Bertz CT molecular complexity index is 594. The van der Waals surface area contributed by atoms with Crippen LogP contribution < -0.4 is 15.8 Å². The molecule has 5 heteroatoms. The molecule has 0 saturated heterocycles. The first-order valence-electron chi connectivity index (χ1n) is 5.77. The summed E-state index contributed by atoms with van der Waals surface area (Å²) in [4.78, 5) is 16.3. The van der Waals surface area contributed by atoms with Crippen molar-refractivity contribution in [2.24, 2.45) is 0 Å². The molecule has 0 fully saturated rings. The van der Waals surface area contributed by atoms with Crippen molar-refractivity contribution >= 4 is 17.4 Å². The number of nitrogens with zero attached hydrogens (tertiary/aromatic N) is 1. The maximum absolute atomic E-state index is 12.1. The van der Waals surface area contributed by atoms with Crippen LogP contribution >= 0.6 is 0 Å². The number of aromatic nitrogens is 1. The summed E-state index contributed by atoms with van der Waals surface area (Å²) in [6.45, 7) is 1.93. The smallest absolute Gasteiger partial charge is 0.260 e. The monoisotopic (exact) mass is 257 g/mol. The molecule has 1 amide bonds. The molecule has 0 saturated carbocycles. The van der Waals surface area contributed by atoms with Gasteiger partial charge < -0.3 is 15.8 Å². The Hall–Kier alpha value is -2.56. The number of anilines is 2. The van der Waals surface area contributed by atoms with Gasteiger partial charge in [0.25, 0.3) is 5.91 Å². The van der Waals surface area contributed by atoms with Gasteiger partial charge in [0, 0.05) is 11.9 Å². The van der Waals surface area contributed by atoms with E-state index in [2.05, 4.69) is 10.3 Å². The third kappa shape index (κ3) is 3.01. The standard InChI is InChI=1S/C14H15N3O2/c1-9-3-6-13(16-8-9)17-14(18)11-7-10(15)4-5-12(11)19-2/h3-8H,15H2,1-2H3,(H,16,17,18). The fourth-order valence-electron chi connectivity index (χ4n) is 1.63. The molecule has 1 heterocycles. The molecule has 0 spiro atoms. The number of nitrogen functional groups attached to an aromatic ring is 1. The Morgan fingerprint density at radius 1 is 1.32 bits per heavy atom. The van der Waals surface area contributed by atoms with E-state index in [0.717, 1.165) is 5.56 Å². The van der Waals surface area contributed by atoms with E-state index in [4.69, 9.17) is 10.5 Å². The highest BCUT2D eigenvalue weighted by Gasteiger charge is 2.13. The number of nitrogens with one attached hydrogen (secondary N) is 1. The summed E-state index contributed by atoms with van der Waals surface area (Å²) in [6, 6.07) is 8.53. The molecule has 1 aromatic heterocycles. The molecule has 0 radical (unpaired) electrons. The molecular weight excluding hydrogens is 242 g/mol. The number of hydrogen-bond donors (Lipinski definition) is 2. The molecule has 5 nitrogen and oxygen atoms in total. The van der Waals surface area contributed by atoms with Crippen LogP contribution in [-0.4, -0.2) is 18.0 Å². The first-order valence-corrected chi connectivity index (χ1v) is 5.77. The molecule has 1 aromatic carbocycles. The van der Waals surface area contributed by atoms with Crippen molar-refractivity contribution in [3.63, 3.8) is 0 Å². The Morgan fingerprint density at radius 2 is 2.11 bits per heavy atom. The molecule has 19 heavy (non-hydrogen) atoms. The Morgan fingerprint density at radius 3 is 2.74 bits per heavy atom. The number of aryl methyl sites for hydroxylation is 1. The van der Waals surface area contributed by atoms with Gasteiger partial charge in [0.15, 0.2) is 0 Å². The number of pyridine rings is 1. The van der Waals surface area contributed by atoms with Crippen molar-refractivity contribution in [1.29, 1.82) is 0 Å². The highest BCUT2D eigenvalue weighted by Crippen LogP contribution is 2.22. The average molecular weight is 257 g/mol. The Balaban J connectivity index is 2.24. The lowest BCUT2D eigenvalue weighted by Gasteiger charge is -2.09. The van der Waals surface area contributed by atoms with Gasteiger partial charge in [-0.25, -0.2) is 4.98 Å². The highest BCUT2D eigenvalue weighted by atomic mass is 16.5. The molecule has 0 bridgehead atoms. The number of benzene rings is 1. The van der Waals surface area contributed by atoms with Crippen molar-refractivity contribution in [3.8, 4) is 5.75 Å². The minimum atomic E-state index is -0.305. The zero-order valence-corrected chi connectivity index (χ0v) is 10.8. The van der Waals surface area contributed by atoms with Crippen molar-refractivity contribution < 1.29 is 9.53 Å². The van der Waals surface area contributed by atoms with Gasteiger partial charge in [-0.1, -0.05) is 6.07 Å². The van der Waals surface area contributed by atoms with Gasteiger partial charge in [-0.15, -0.1) is 0 Å². The minimum absolute atomic E-state index is 0.305. The fraction of sp³-hybridized carbons (Fsp3) is 0.143. The van der Waals surface area contributed by atoms with Crippen molar-refractivity contribution in [1.82, 2.24) is 4.98 Å². The topological polar surface area (TPSA) is 77.2 Å². The summed E-state index contributed by atoms with van der Waals surface area (Å²) in [5.41, 5.74) is 7.59. The lowest BCUT2D eigenvalue weighted by molar-refractivity contribution is 0.102. The fourth-order valence-corrected chi connectivity index (χ4v) is 1.63. The highest BCUT2D eigenvalue weighted by molar-refractivity contribution is 6.06. The summed E-state index contributed by atoms with van der Waals surface area (Å²) >= 11 is 0. The van der Waals surface area contributed by atoms with E-state index in [0.29, 0.717) is 22.8 Å². The summed E-state index contributed by atoms with van der Waals surface area (Å²) in [6.07, 6.45) is 1.69. The third-order valence-electron chi connectivity index (χ3n) is 2.62. The Labute approximate surface area is 111 Å². The molecule has 0 unspecified atom stereocenters. The van der Waals surface area contributed by atoms with Gasteiger partial charge in [-0.3, -0.25) is 4.79 Å². The SMILES string of the molecule is COc1ccc(N)cc1C(=O)Nc1ccc(C)cn1. The normalized spacial score (nSPS) is 10.0. The first-order chi connectivity index (χ1) is 9.10. The molecule has 0 aliphatic heterocycles. The van der Waals surface area contributed by atoms with E-state index in [1.807, 2.05) is 13.0 Å². The predicted octanol–water partition coefficient (Wildman–Crippen LogP) is 2.23. The zero-order chi connectivity index (χ0) is 13.8. The Kier molecular flexibility index (Phi) is 3.66. The number of carbonyl (C=O) groups excluding carboxylic acids is 1. The average Bonchev–Trinajstić information content (AvgIpc) is 2.41. The molecule has 0 aliphatic carbocycles. The first kappa shape index (κ1) is 12.9. The molecule has 0 atom stereocenters. The summed E-state index contributed by atoms with van der Waals surface area (Å²) in [5.74, 6) is 0.652. The van der Waals surface area contributed by atoms with Crippen molar-refractivity contribution in [2.75, 3.05) is 18.2 Å². The lowest BCUT2D eigenvalue weighted by atomic mass is 10.1. The van der Waals surface area contributed by atoms with Gasteiger partial charge in [-0.05, 0) is 36.8 Å². The number of ether oxygens (including phenoxy) is 1. The molecule has 3 N–H and O–H groups in total. The second kappa shape index (κ2) is 5.39. The van der Waals surface area contributed by atoms with E-state index < -0.39 is 0 Å². The maximum atomic E-state index is 12.1. The van der Waals surface area contributed by atoms with Gasteiger partial charge in [0.2, 0.25) is 0 Å². The van der Waals surface area contributed by atoms with Gasteiger partial charge in [0.1, 0.15) is 11.6 Å². The van der Waals surface area contributed by atoms with Gasteiger partial charge in [0.05, 0.1) is 12.7 Å². The van der Waals surface area contributed by atoms with Crippen LogP contribution in [0.25, 0.3) is 0 Å². The van der Waals surface area contributed by atoms with Crippen LogP contribution in [0.15, 0.2) is 36.5 Å². The zero-order valence-electron chi connectivity index (χ0n) is 10.8. The van der Waals surface area contributed by atoms with Crippen LogP contribution in [0.2, 0.25) is 0 Å². The molecule has 98 valence electrons. The van der Waals surface area contributed by atoms with E-state index in [1.54, 1.807) is 30.5 Å². The number of methoxy groups -OCH3 is 1. The minimum Gasteiger partial charge on any atom is -0.496 e. The second-order valence-electron chi connectivity index (χ2n) is 4.13. The van der Waals surface area contributed by atoms with Crippen LogP contribution in [0.5, 0.6) is 5.75 Å². The number of carbonyl (C=O) groups is 1. The van der Waals surface area contributed by atoms with Crippen molar-refractivity contribution in [2.45, 2.75) is 6.92 Å². The van der Waals surface area contributed by atoms with Crippen LogP contribution in [0.1, 0.15) is 15.9 Å². The third-order valence-corrected chi connectivity index (χ3v) is 2.62. The van der Waals surface area contributed by atoms with E-state index in [-0.39, 0.29) is 5.91 Å². The molecule has 2 aromatic rings. The van der Waals surface area contributed by atoms with Crippen molar-refractivity contribution in [3.05, 3.63) is 47.7 Å². The van der Waals surface area contributed by atoms with Crippen LogP contribution in [-0.2, 0) is 0 Å². The second-order valence-corrected chi connectivity index (χ2v) is 4.13. The molecular formula is C14H15N3O2. The lowest BCUT2D eigenvalue weighted by Crippen LogP contribution is -2.14. The van der Waals surface area contributed by atoms with Gasteiger partial charge in [-0.2, -0.15) is 0 Å². The van der Waals surface area contributed by atoms with Crippen LogP contribution in [0.3, 0.4) is 0 Å². The number of hydrogen-bond acceptors (Lipinski definition) is 4. The van der Waals surface area contributed by atoms with E-state index in [9.17, 15) is 4.79 Å². The maximum Gasteiger partial charge on any atom is 0.260 e. The quantitative estimate of drug-likeness (QED) is 0.827. The molecule has 0 aliphatic rings. The van der Waals surface area contributed by atoms with Crippen LogP contribution in [0.4, 0.5) is 11.5 Å². The number of nitrogens with two attached hydrogens (primary N) is 1. The summed E-state index contributed by atoms with van der Waals surface area (Å²) in [7, 11) is 1.51. The summed E-state index contributed by atoms with van der Waals surface area (Å²) < 4.78 is 5.14. The predicted molar refractivity (Wildman–Crippen MR) is 74.3 cm³/mol. The number of amides is 1.